The zero-order valence-corrected chi connectivity index (χ0v) is 15.7. The molecule has 9 heteroatoms. The van der Waals surface area contributed by atoms with Gasteiger partial charge in [0.25, 0.3) is 11.6 Å². The van der Waals surface area contributed by atoms with Crippen LogP contribution in [0.5, 0.6) is 0 Å². The van der Waals surface area contributed by atoms with Crippen molar-refractivity contribution >= 4 is 17.4 Å². The smallest absolute Gasteiger partial charge is 0.290 e. The van der Waals surface area contributed by atoms with Crippen LogP contribution in [0.3, 0.4) is 0 Å². The number of benzene rings is 1. The van der Waals surface area contributed by atoms with Gasteiger partial charge in [0.1, 0.15) is 13.1 Å². The lowest BCUT2D eigenvalue weighted by Gasteiger charge is -2.28. The van der Waals surface area contributed by atoms with E-state index in [4.69, 9.17) is 4.74 Å². The number of hydrogen-bond donors (Lipinski definition) is 2. The van der Waals surface area contributed by atoms with E-state index >= 15 is 0 Å². The molecule has 3 rings (SSSR count). The van der Waals surface area contributed by atoms with Crippen LogP contribution < -0.4 is 4.90 Å². The van der Waals surface area contributed by atoms with Crippen molar-refractivity contribution in [3.05, 3.63) is 51.3 Å². The quantitative estimate of drug-likeness (QED) is 0.507. The molecule has 1 saturated heterocycles. The van der Waals surface area contributed by atoms with Gasteiger partial charge >= 0.3 is 0 Å². The first-order valence-electron chi connectivity index (χ1n) is 9.31. The van der Waals surface area contributed by atoms with Crippen LogP contribution in [-0.2, 0) is 14.3 Å². The van der Waals surface area contributed by atoms with Crippen LogP contribution in [0.1, 0.15) is 24.9 Å². The summed E-state index contributed by atoms with van der Waals surface area (Å²) in [6, 6.07) is 5.03. The van der Waals surface area contributed by atoms with Gasteiger partial charge in [0.05, 0.1) is 36.3 Å². The van der Waals surface area contributed by atoms with Gasteiger partial charge in [-0.05, 0) is 12.5 Å². The number of nitro groups is 1. The van der Waals surface area contributed by atoms with Crippen LogP contribution in [0, 0.1) is 10.1 Å². The lowest BCUT2D eigenvalue weighted by Crippen LogP contribution is -3.14. The van der Waals surface area contributed by atoms with Crippen molar-refractivity contribution in [3.8, 4) is 0 Å². The number of nitrogens with one attached hydrogen (secondary N) is 1. The number of carbonyl (C=O) groups is 2. The number of carbonyl (C=O) groups excluding carboxylic acids is 2. The van der Waals surface area contributed by atoms with E-state index in [9.17, 15) is 24.8 Å². The molecule has 0 unspecified atom stereocenters. The summed E-state index contributed by atoms with van der Waals surface area (Å²) < 4.78 is 5.34. The Bertz CT molecular complexity index is 816. The van der Waals surface area contributed by atoms with Gasteiger partial charge in [0, 0.05) is 25.1 Å². The maximum Gasteiger partial charge on any atom is 0.290 e. The molecule has 28 heavy (non-hydrogen) atoms. The number of aliphatic hydroxyl groups excluding tert-OH is 1. The molecule has 9 nitrogen and oxygen atoms in total. The Balaban J connectivity index is 1.83. The predicted molar refractivity (Wildman–Crippen MR) is 98.9 cm³/mol. The summed E-state index contributed by atoms with van der Waals surface area (Å²) in [5.74, 6) is -1.61. The Hall–Kier alpha value is -2.78. The van der Waals surface area contributed by atoms with Gasteiger partial charge in [-0.1, -0.05) is 12.1 Å². The number of non-ortho nitro benzene ring substituents is 1. The van der Waals surface area contributed by atoms with Crippen molar-refractivity contribution in [1.82, 2.24) is 4.90 Å². The van der Waals surface area contributed by atoms with Gasteiger partial charge in [0.15, 0.2) is 11.5 Å². The highest BCUT2D eigenvalue weighted by molar-refractivity contribution is 6.08. The van der Waals surface area contributed by atoms with Crippen molar-refractivity contribution in [2.75, 3.05) is 39.4 Å². The Morgan fingerprint density at radius 1 is 1.39 bits per heavy atom. The zero-order valence-electron chi connectivity index (χ0n) is 15.7. The first-order valence-corrected chi connectivity index (χ1v) is 9.31. The SMILES string of the molecule is CC(=O)C1=C(O)C(=O)N(CCC[NH+]2CCOCC2)[C@H]1c1cccc([N+](=O)[O-])c1. The maximum atomic E-state index is 12.6. The fourth-order valence-electron chi connectivity index (χ4n) is 3.81. The number of Topliss-reactive ketones (excluding diaryl/α,β-unsaturated/α-hetero) is 1. The third-order valence-electron chi connectivity index (χ3n) is 5.21. The van der Waals surface area contributed by atoms with Crippen LogP contribution in [0.15, 0.2) is 35.6 Å². The number of quaternary nitrogens is 1. The topological polar surface area (TPSA) is 114 Å². The fraction of sp³-hybridized carbons (Fsp3) is 0.474. The molecule has 1 amide bonds. The predicted octanol–water partition coefficient (Wildman–Crippen LogP) is 0.184. The molecule has 150 valence electrons. The van der Waals surface area contributed by atoms with Crippen LogP contribution in [0.4, 0.5) is 5.69 Å². The number of hydrogen-bond acceptors (Lipinski definition) is 6. The molecule has 2 aliphatic rings. The molecule has 0 aromatic heterocycles. The number of nitrogens with zero attached hydrogens (tertiary/aromatic N) is 2. The molecule has 0 aliphatic carbocycles. The molecular weight excluding hydrogens is 366 g/mol. The third kappa shape index (κ3) is 4.05. The Morgan fingerprint density at radius 2 is 2.11 bits per heavy atom. The summed E-state index contributed by atoms with van der Waals surface area (Å²) in [7, 11) is 0. The molecule has 2 aliphatic heterocycles. The second kappa shape index (κ2) is 8.49. The highest BCUT2D eigenvalue weighted by Crippen LogP contribution is 2.38. The highest BCUT2D eigenvalue weighted by atomic mass is 16.6. The number of nitro benzene ring substituents is 1. The zero-order chi connectivity index (χ0) is 20.3. The minimum Gasteiger partial charge on any atom is -0.503 e. The van der Waals surface area contributed by atoms with E-state index in [0.29, 0.717) is 31.7 Å². The Morgan fingerprint density at radius 3 is 2.75 bits per heavy atom. The number of ether oxygens (including phenoxy) is 1. The first kappa shape index (κ1) is 20.0. The van der Waals surface area contributed by atoms with Gasteiger partial charge < -0.3 is 19.6 Å². The fourth-order valence-corrected chi connectivity index (χ4v) is 3.81. The number of amides is 1. The van der Waals surface area contributed by atoms with Crippen LogP contribution in [0.25, 0.3) is 0 Å². The summed E-state index contributed by atoms with van der Waals surface area (Å²) in [5.41, 5.74) is 0.302. The number of ketones is 1. The molecule has 0 radical (unpaired) electrons. The lowest BCUT2D eigenvalue weighted by molar-refractivity contribution is -0.908. The molecule has 1 aromatic carbocycles. The monoisotopic (exact) mass is 390 g/mol. The van der Waals surface area contributed by atoms with E-state index in [1.807, 2.05) is 0 Å². The summed E-state index contributed by atoms with van der Waals surface area (Å²) in [6.45, 7) is 5.71. The molecule has 0 bridgehead atoms. The normalized spacial score (nSPS) is 20.7. The minimum atomic E-state index is -0.815. The lowest BCUT2D eigenvalue weighted by atomic mass is 9.96. The van der Waals surface area contributed by atoms with Gasteiger partial charge in [-0.15, -0.1) is 0 Å². The standard InChI is InChI=1S/C19H23N3O6/c1-13(23)16-17(14-4-2-5-15(12-14)22(26)27)21(19(25)18(16)24)7-3-6-20-8-10-28-11-9-20/h2,4-5,12,17,24H,3,6-11H2,1H3/p+1/t17-/m0/s1. The highest BCUT2D eigenvalue weighted by Gasteiger charge is 2.42. The Labute approximate surface area is 162 Å². The largest absolute Gasteiger partial charge is 0.503 e. The average Bonchev–Trinajstić information content (AvgIpc) is 2.94. The number of morpholine rings is 1. The Kier molecular flexibility index (Phi) is 6.05. The molecule has 1 fully saturated rings. The number of aliphatic hydroxyl groups is 1. The third-order valence-corrected chi connectivity index (χ3v) is 5.21. The van der Waals surface area contributed by atoms with Crippen molar-refractivity contribution in [2.45, 2.75) is 19.4 Å². The number of rotatable bonds is 7. The van der Waals surface area contributed by atoms with Gasteiger partial charge in [-0.25, -0.2) is 0 Å². The average molecular weight is 390 g/mol. The molecule has 0 spiro atoms. The van der Waals surface area contributed by atoms with Crippen molar-refractivity contribution in [2.24, 2.45) is 0 Å². The van der Waals surface area contributed by atoms with Crippen molar-refractivity contribution < 1.29 is 29.3 Å². The maximum absolute atomic E-state index is 12.6. The second-order valence-corrected chi connectivity index (χ2v) is 7.04. The van der Waals surface area contributed by atoms with E-state index in [1.54, 1.807) is 6.07 Å². The van der Waals surface area contributed by atoms with E-state index < -0.39 is 28.4 Å². The minimum absolute atomic E-state index is 0.00998. The van der Waals surface area contributed by atoms with E-state index in [2.05, 4.69) is 0 Å². The summed E-state index contributed by atoms with van der Waals surface area (Å²) >= 11 is 0. The van der Waals surface area contributed by atoms with Crippen LogP contribution >= 0.6 is 0 Å². The summed E-state index contributed by atoms with van der Waals surface area (Å²) in [4.78, 5) is 38.2. The molecular formula is C19H24N3O6+. The molecule has 0 saturated carbocycles. The van der Waals surface area contributed by atoms with Gasteiger partial charge in [0.2, 0.25) is 0 Å². The molecule has 1 aromatic rings. The van der Waals surface area contributed by atoms with Crippen molar-refractivity contribution in [3.63, 3.8) is 0 Å². The molecule has 1 atom stereocenters. The van der Waals surface area contributed by atoms with E-state index in [1.165, 1.54) is 34.9 Å². The van der Waals surface area contributed by atoms with Crippen molar-refractivity contribution in [1.29, 1.82) is 0 Å². The summed E-state index contributed by atoms with van der Waals surface area (Å²) in [5, 5.41) is 21.4. The first-order chi connectivity index (χ1) is 13.4. The van der Waals surface area contributed by atoms with Crippen LogP contribution in [0.2, 0.25) is 0 Å². The van der Waals surface area contributed by atoms with Gasteiger partial charge in [-0.2, -0.15) is 0 Å². The van der Waals surface area contributed by atoms with Crippen LogP contribution in [-0.4, -0.2) is 66.0 Å². The second-order valence-electron chi connectivity index (χ2n) is 7.04. The van der Waals surface area contributed by atoms with E-state index in [-0.39, 0.29) is 11.3 Å². The summed E-state index contributed by atoms with van der Waals surface area (Å²) in [6.07, 6.45) is 0.685. The van der Waals surface area contributed by atoms with E-state index in [0.717, 1.165) is 19.6 Å². The van der Waals surface area contributed by atoms with Gasteiger partial charge in [-0.3, -0.25) is 19.7 Å². The molecule has 2 heterocycles. The molecule has 2 N–H and O–H groups in total.